The molecule has 21 heavy (non-hydrogen) atoms. The number of carbonyl (C=O) groups excluding carboxylic acids is 1. The van der Waals surface area contributed by atoms with Gasteiger partial charge in [0, 0.05) is 18.5 Å². The predicted octanol–water partition coefficient (Wildman–Crippen LogP) is 2.69. The van der Waals surface area contributed by atoms with Gasteiger partial charge in [0.1, 0.15) is 5.75 Å². The molecule has 112 valence electrons. The van der Waals surface area contributed by atoms with Crippen LogP contribution in [0.3, 0.4) is 0 Å². The van der Waals surface area contributed by atoms with E-state index < -0.39 is 0 Å². The Kier molecular flexibility index (Phi) is 3.40. The summed E-state index contributed by atoms with van der Waals surface area (Å²) in [4.78, 5) is 14.3. The molecule has 0 saturated heterocycles. The van der Waals surface area contributed by atoms with Crippen molar-refractivity contribution >= 4 is 17.2 Å². The fourth-order valence-electron chi connectivity index (χ4n) is 2.81. The van der Waals surface area contributed by atoms with E-state index >= 15 is 0 Å². The molecule has 1 aliphatic carbocycles. The average Bonchev–Trinajstić information content (AvgIpc) is 3.26. The van der Waals surface area contributed by atoms with Crippen LogP contribution in [0.5, 0.6) is 5.75 Å². The highest BCUT2D eigenvalue weighted by Crippen LogP contribution is 2.46. The highest BCUT2D eigenvalue weighted by atomic mass is 16.5. The third-order valence-electron chi connectivity index (χ3n) is 4.62. The number of ether oxygens (including phenoxy) is 1. The highest BCUT2D eigenvalue weighted by Gasteiger charge is 2.47. The summed E-state index contributed by atoms with van der Waals surface area (Å²) in [5, 5.41) is 0. The largest absolute Gasteiger partial charge is 0.495 e. The predicted molar refractivity (Wildman–Crippen MR) is 83.9 cm³/mol. The summed E-state index contributed by atoms with van der Waals surface area (Å²) in [6.07, 6.45) is 5.11. The summed E-state index contributed by atoms with van der Waals surface area (Å²) in [5.41, 5.74) is 8.82. The number of amides is 1. The van der Waals surface area contributed by atoms with Gasteiger partial charge in [-0.3, -0.25) is 4.79 Å². The standard InChI is InChI=1S/C17H22N2O2/c1-17(7-8-17)16(20)19-9-5-12(6-10-19)13-3-4-14(18)15(11-13)21-2/h3-5,11H,6-10,18H2,1-2H3. The Balaban J connectivity index is 1.74. The number of carbonyl (C=O) groups is 1. The maximum Gasteiger partial charge on any atom is 0.228 e. The van der Waals surface area contributed by atoms with Crippen molar-refractivity contribution in [3.63, 3.8) is 0 Å². The third kappa shape index (κ3) is 2.62. The van der Waals surface area contributed by atoms with Gasteiger partial charge < -0.3 is 15.4 Å². The lowest BCUT2D eigenvalue weighted by Crippen LogP contribution is -2.38. The average molecular weight is 286 g/mol. The Morgan fingerprint density at radius 3 is 2.71 bits per heavy atom. The quantitative estimate of drug-likeness (QED) is 0.869. The molecule has 1 saturated carbocycles. The fourth-order valence-corrected chi connectivity index (χ4v) is 2.81. The summed E-state index contributed by atoms with van der Waals surface area (Å²) >= 11 is 0. The minimum absolute atomic E-state index is 0.0736. The molecular formula is C17H22N2O2. The Bertz CT molecular complexity index is 603. The van der Waals surface area contributed by atoms with E-state index in [0.29, 0.717) is 23.9 Å². The first-order chi connectivity index (χ1) is 10.0. The molecule has 1 aromatic carbocycles. The number of nitrogens with zero attached hydrogens (tertiary/aromatic N) is 1. The Morgan fingerprint density at radius 2 is 2.14 bits per heavy atom. The lowest BCUT2D eigenvalue weighted by molar-refractivity contribution is -0.135. The zero-order chi connectivity index (χ0) is 15.0. The Labute approximate surface area is 125 Å². The second-order valence-corrected chi connectivity index (χ2v) is 6.25. The van der Waals surface area contributed by atoms with E-state index in [1.807, 2.05) is 23.1 Å². The van der Waals surface area contributed by atoms with Gasteiger partial charge in [-0.15, -0.1) is 0 Å². The van der Waals surface area contributed by atoms with Crippen LogP contribution < -0.4 is 10.5 Å². The molecule has 3 rings (SSSR count). The van der Waals surface area contributed by atoms with Crippen molar-refractivity contribution < 1.29 is 9.53 Å². The fraction of sp³-hybridized carbons (Fsp3) is 0.471. The van der Waals surface area contributed by atoms with Crippen molar-refractivity contribution in [2.24, 2.45) is 5.41 Å². The van der Waals surface area contributed by atoms with E-state index in [2.05, 4.69) is 13.0 Å². The van der Waals surface area contributed by atoms with Gasteiger partial charge in [-0.1, -0.05) is 19.1 Å². The number of hydrogen-bond donors (Lipinski definition) is 1. The maximum atomic E-state index is 12.3. The molecule has 4 heteroatoms. The molecular weight excluding hydrogens is 264 g/mol. The summed E-state index contributed by atoms with van der Waals surface area (Å²) in [7, 11) is 1.63. The molecule has 1 heterocycles. The second-order valence-electron chi connectivity index (χ2n) is 6.25. The number of anilines is 1. The van der Waals surface area contributed by atoms with Crippen LogP contribution >= 0.6 is 0 Å². The van der Waals surface area contributed by atoms with Gasteiger partial charge in [-0.05, 0) is 42.5 Å². The van der Waals surface area contributed by atoms with Crippen LogP contribution in [-0.2, 0) is 4.79 Å². The van der Waals surface area contributed by atoms with Crippen molar-refractivity contribution in [3.05, 3.63) is 29.8 Å². The second kappa shape index (κ2) is 5.10. The molecule has 0 atom stereocenters. The zero-order valence-corrected chi connectivity index (χ0v) is 12.7. The maximum absolute atomic E-state index is 12.3. The van der Waals surface area contributed by atoms with Gasteiger partial charge >= 0.3 is 0 Å². The van der Waals surface area contributed by atoms with Gasteiger partial charge in [-0.2, -0.15) is 0 Å². The minimum atomic E-state index is -0.0736. The SMILES string of the molecule is COc1cc(C2=CCN(C(=O)C3(C)CC3)CC2)ccc1N. The smallest absolute Gasteiger partial charge is 0.228 e. The van der Waals surface area contributed by atoms with Gasteiger partial charge in [0.2, 0.25) is 5.91 Å². The molecule has 1 aliphatic heterocycles. The lowest BCUT2D eigenvalue weighted by Gasteiger charge is -2.29. The first-order valence-corrected chi connectivity index (χ1v) is 7.46. The molecule has 4 nitrogen and oxygen atoms in total. The monoisotopic (exact) mass is 286 g/mol. The zero-order valence-electron chi connectivity index (χ0n) is 12.7. The van der Waals surface area contributed by atoms with Gasteiger partial charge in [0.05, 0.1) is 12.8 Å². The minimum Gasteiger partial charge on any atom is -0.495 e. The van der Waals surface area contributed by atoms with E-state index in [4.69, 9.17) is 10.5 Å². The normalized spacial score (nSPS) is 19.9. The van der Waals surface area contributed by atoms with Crippen molar-refractivity contribution in [3.8, 4) is 5.75 Å². The molecule has 0 aromatic heterocycles. The first-order valence-electron chi connectivity index (χ1n) is 7.46. The number of nitrogens with two attached hydrogens (primary N) is 1. The van der Waals surface area contributed by atoms with Crippen molar-refractivity contribution in [2.45, 2.75) is 26.2 Å². The Hall–Kier alpha value is -1.97. The van der Waals surface area contributed by atoms with E-state index in [1.54, 1.807) is 7.11 Å². The molecule has 0 unspecified atom stereocenters. The number of benzene rings is 1. The summed E-state index contributed by atoms with van der Waals surface area (Å²) in [6, 6.07) is 5.86. The first kappa shape index (κ1) is 14.0. The van der Waals surface area contributed by atoms with E-state index in [9.17, 15) is 4.79 Å². The van der Waals surface area contributed by atoms with Crippen LogP contribution in [0.4, 0.5) is 5.69 Å². The molecule has 2 aliphatic rings. The molecule has 1 fully saturated rings. The lowest BCUT2D eigenvalue weighted by atomic mass is 9.97. The van der Waals surface area contributed by atoms with Crippen LogP contribution in [-0.4, -0.2) is 31.0 Å². The summed E-state index contributed by atoms with van der Waals surface area (Å²) in [5.74, 6) is 1.02. The topological polar surface area (TPSA) is 55.6 Å². The molecule has 0 bridgehead atoms. The van der Waals surface area contributed by atoms with Gasteiger partial charge in [0.15, 0.2) is 0 Å². The molecule has 1 amide bonds. The Morgan fingerprint density at radius 1 is 1.38 bits per heavy atom. The number of methoxy groups -OCH3 is 1. The van der Waals surface area contributed by atoms with Crippen LogP contribution in [0.15, 0.2) is 24.3 Å². The molecule has 0 spiro atoms. The highest BCUT2D eigenvalue weighted by molar-refractivity contribution is 5.86. The van der Waals surface area contributed by atoms with Crippen LogP contribution in [0.25, 0.3) is 5.57 Å². The van der Waals surface area contributed by atoms with Crippen LogP contribution in [0.1, 0.15) is 31.7 Å². The molecule has 1 aromatic rings. The van der Waals surface area contributed by atoms with Crippen LogP contribution in [0.2, 0.25) is 0 Å². The van der Waals surface area contributed by atoms with Crippen molar-refractivity contribution in [2.75, 3.05) is 25.9 Å². The van der Waals surface area contributed by atoms with Crippen molar-refractivity contribution in [1.29, 1.82) is 0 Å². The number of hydrogen-bond acceptors (Lipinski definition) is 3. The number of rotatable bonds is 3. The molecule has 2 N–H and O–H groups in total. The summed E-state index contributed by atoms with van der Waals surface area (Å²) in [6.45, 7) is 3.57. The van der Waals surface area contributed by atoms with Crippen LogP contribution in [0, 0.1) is 5.41 Å². The third-order valence-corrected chi connectivity index (χ3v) is 4.62. The van der Waals surface area contributed by atoms with E-state index in [-0.39, 0.29) is 5.41 Å². The van der Waals surface area contributed by atoms with Gasteiger partial charge in [-0.25, -0.2) is 0 Å². The van der Waals surface area contributed by atoms with Gasteiger partial charge in [0.25, 0.3) is 0 Å². The van der Waals surface area contributed by atoms with E-state index in [0.717, 1.165) is 31.4 Å². The van der Waals surface area contributed by atoms with Crippen molar-refractivity contribution in [1.82, 2.24) is 4.90 Å². The molecule has 0 radical (unpaired) electrons. The summed E-state index contributed by atoms with van der Waals surface area (Å²) < 4.78 is 5.27. The number of nitrogen functional groups attached to an aromatic ring is 1. The van der Waals surface area contributed by atoms with E-state index in [1.165, 1.54) is 5.57 Å².